The van der Waals surface area contributed by atoms with Crippen molar-refractivity contribution in [3.8, 4) is 0 Å². The van der Waals surface area contributed by atoms with E-state index in [-0.39, 0.29) is 18.3 Å². The number of H-pyrrole nitrogens is 1. The van der Waals surface area contributed by atoms with Gasteiger partial charge in [-0.2, -0.15) is 4.98 Å². The number of esters is 1. The van der Waals surface area contributed by atoms with Gasteiger partial charge in [0.25, 0.3) is 5.91 Å². The third-order valence-electron chi connectivity index (χ3n) is 2.94. The largest absolute Gasteiger partial charge is 0.469 e. The summed E-state index contributed by atoms with van der Waals surface area (Å²) in [5, 5.41) is 0.404. The molecule has 8 heteroatoms. The number of carbonyl (C=O) groups excluding carboxylic acids is 2. The van der Waals surface area contributed by atoms with Crippen LogP contribution in [0, 0.1) is 6.92 Å². The normalized spacial score (nSPS) is 10.3. The first-order chi connectivity index (χ1) is 9.90. The van der Waals surface area contributed by atoms with Crippen molar-refractivity contribution in [2.45, 2.75) is 24.8 Å². The summed E-state index contributed by atoms with van der Waals surface area (Å²) in [4.78, 5) is 42.7. The Kier molecular flexibility index (Phi) is 6.41. The van der Waals surface area contributed by atoms with Crippen LogP contribution in [0.4, 0.5) is 0 Å². The lowest BCUT2D eigenvalue weighted by Gasteiger charge is -2.19. The highest BCUT2D eigenvalue weighted by Crippen LogP contribution is 2.19. The van der Waals surface area contributed by atoms with Crippen molar-refractivity contribution in [2.24, 2.45) is 0 Å². The number of nitrogens with one attached hydrogen (secondary N) is 1. The number of hydrogen-bond acceptors (Lipinski definition) is 6. The average molecular weight is 313 g/mol. The zero-order valence-corrected chi connectivity index (χ0v) is 13.4. The molecule has 1 rings (SSSR count). The van der Waals surface area contributed by atoms with Gasteiger partial charge < -0.3 is 14.6 Å². The van der Waals surface area contributed by atoms with Crippen LogP contribution in [0.15, 0.2) is 9.82 Å². The van der Waals surface area contributed by atoms with Gasteiger partial charge in [0, 0.05) is 25.7 Å². The lowest BCUT2D eigenvalue weighted by molar-refractivity contribution is -0.140. The van der Waals surface area contributed by atoms with E-state index in [1.54, 1.807) is 20.2 Å². The van der Waals surface area contributed by atoms with Crippen molar-refractivity contribution in [1.29, 1.82) is 0 Å². The number of rotatable bonds is 6. The number of methoxy groups -OCH3 is 1. The van der Waals surface area contributed by atoms with Crippen LogP contribution in [0.2, 0.25) is 0 Å². The van der Waals surface area contributed by atoms with Gasteiger partial charge >= 0.3 is 11.7 Å². The fraction of sp³-hybridized carbons (Fsp3) is 0.538. The predicted molar refractivity (Wildman–Crippen MR) is 79.6 cm³/mol. The minimum Gasteiger partial charge on any atom is -0.469 e. The standard InChI is InChI=1S/C13H19N3O4S/c1-8-10(11(21-4)15-13(19)14-8)12(18)16(2)7-5-6-9(17)20-3/h5-7H2,1-4H3,(H,14,15,19). The average Bonchev–Trinajstić information content (AvgIpc) is 2.45. The predicted octanol–water partition coefficient (Wildman–Crippen LogP) is 0.825. The van der Waals surface area contributed by atoms with Crippen molar-refractivity contribution in [3.63, 3.8) is 0 Å². The Bertz CT molecular complexity index is 585. The summed E-state index contributed by atoms with van der Waals surface area (Å²) < 4.78 is 4.55. The van der Waals surface area contributed by atoms with Crippen molar-refractivity contribution >= 4 is 23.6 Å². The second-order valence-electron chi connectivity index (χ2n) is 4.46. The molecule has 0 radical (unpaired) electrons. The number of nitrogens with zero attached hydrogens (tertiary/aromatic N) is 2. The van der Waals surface area contributed by atoms with Crippen LogP contribution < -0.4 is 5.69 Å². The number of aromatic amines is 1. The highest BCUT2D eigenvalue weighted by Gasteiger charge is 2.20. The second-order valence-corrected chi connectivity index (χ2v) is 5.25. The molecule has 0 aromatic carbocycles. The van der Waals surface area contributed by atoms with Crippen LogP contribution >= 0.6 is 11.8 Å². The van der Waals surface area contributed by atoms with Crippen molar-refractivity contribution in [2.75, 3.05) is 27.0 Å². The molecular weight excluding hydrogens is 294 g/mol. The Labute approximate surface area is 127 Å². The molecule has 1 heterocycles. The first-order valence-electron chi connectivity index (χ1n) is 6.37. The van der Waals surface area contributed by atoms with E-state index in [0.29, 0.717) is 29.2 Å². The highest BCUT2D eigenvalue weighted by molar-refractivity contribution is 7.98. The van der Waals surface area contributed by atoms with Crippen LogP contribution in [0.1, 0.15) is 28.9 Å². The van der Waals surface area contributed by atoms with Gasteiger partial charge in [0.15, 0.2) is 0 Å². The maximum atomic E-state index is 12.4. The van der Waals surface area contributed by atoms with Crippen LogP contribution in [0.5, 0.6) is 0 Å². The first kappa shape index (κ1) is 17.2. The summed E-state index contributed by atoms with van der Waals surface area (Å²) in [5.41, 5.74) is 0.411. The molecule has 0 spiro atoms. The number of amides is 1. The van der Waals surface area contributed by atoms with Gasteiger partial charge in [-0.05, 0) is 19.6 Å². The van der Waals surface area contributed by atoms with E-state index in [2.05, 4.69) is 14.7 Å². The molecule has 0 aliphatic carbocycles. The minimum absolute atomic E-state index is 0.231. The van der Waals surface area contributed by atoms with E-state index in [1.807, 2.05) is 0 Å². The summed E-state index contributed by atoms with van der Waals surface area (Å²) in [6.45, 7) is 2.08. The smallest absolute Gasteiger partial charge is 0.346 e. The van der Waals surface area contributed by atoms with Crippen LogP contribution in [-0.4, -0.2) is 53.7 Å². The summed E-state index contributed by atoms with van der Waals surface area (Å²) in [7, 11) is 2.98. The molecular formula is C13H19N3O4S. The molecule has 1 aromatic rings. The molecule has 1 aromatic heterocycles. The Hall–Kier alpha value is -1.83. The SMILES string of the molecule is COC(=O)CCCN(C)C(=O)c1c(SC)nc(=O)[nH]c1C. The van der Waals surface area contributed by atoms with Gasteiger partial charge in [-0.1, -0.05) is 0 Å². The molecule has 116 valence electrons. The molecule has 1 amide bonds. The summed E-state index contributed by atoms with van der Waals surface area (Å²) >= 11 is 1.25. The summed E-state index contributed by atoms with van der Waals surface area (Å²) in [5.74, 6) is -0.534. The van der Waals surface area contributed by atoms with E-state index < -0.39 is 5.69 Å². The van der Waals surface area contributed by atoms with Gasteiger partial charge in [-0.25, -0.2) is 4.79 Å². The number of aromatic nitrogens is 2. The van der Waals surface area contributed by atoms with E-state index in [9.17, 15) is 14.4 Å². The Morgan fingerprint density at radius 2 is 2.10 bits per heavy atom. The van der Waals surface area contributed by atoms with E-state index >= 15 is 0 Å². The maximum Gasteiger partial charge on any atom is 0.346 e. The quantitative estimate of drug-likeness (QED) is 0.475. The lowest BCUT2D eigenvalue weighted by atomic mass is 10.2. The molecule has 21 heavy (non-hydrogen) atoms. The van der Waals surface area contributed by atoms with Crippen molar-refractivity contribution in [1.82, 2.24) is 14.9 Å². The molecule has 0 bridgehead atoms. The molecule has 0 aliphatic heterocycles. The van der Waals surface area contributed by atoms with Gasteiger partial charge in [0.2, 0.25) is 0 Å². The third-order valence-corrected chi connectivity index (χ3v) is 3.62. The number of hydrogen-bond donors (Lipinski definition) is 1. The lowest BCUT2D eigenvalue weighted by Crippen LogP contribution is -2.31. The molecule has 0 saturated carbocycles. The molecule has 7 nitrogen and oxygen atoms in total. The molecule has 0 aliphatic rings. The first-order valence-corrected chi connectivity index (χ1v) is 7.60. The molecule has 0 unspecified atom stereocenters. The van der Waals surface area contributed by atoms with E-state index in [4.69, 9.17) is 0 Å². The Morgan fingerprint density at radius 1 is 1.43 bits per heavy atom. The highest BCUT2D eigenvalue weighted by atomic mass is 32.2. The fourth-order valence-electron chi connectivity index (χ4n) is 1.81. The van der Waals surface area contributed by atoms with Crippen LogP contribution in [0.3, 0.4) is 0 Å². The van der Waals surface area contributed by atoms with Gasteiger partial charge in [0.1, 0.15) is 5.03 Å². The van der Waals surface area contributed by atoms with Crippen LogP contribution in [-0.2, 0) is 9.53 Å². The van der Waals surface area contributed by atoms with Gasteiger partial charge in [0.05, 0.1) is 12.7 Å². The zero-order valence-electron chi connectivity index (χ0n) is 12.6. The maximum absolute atomic E-state index is 12.4. The van der Waals surface area contributed by atoms with E-state index in [0.717, 1.165) is 0 Å². The molecule has 0 fully saturated rings. The number of ether oxygens (including phenoxy) is 1. The second kappa shape index (κ2) is 7.82. The van der Waals surface area contributed by atoms with Gasteiger partial charge in [-0.15, -0.1) is 11.8 Å². The number of aryl methyl sites for hydroxylation is 1. The molecule has 0 saturated heterocycles. The van der Waals surface area contributed by atoms with E-state index in [1.165, 1.54) is 23.8 Å². The monoisotopic (exact) mass is 313 g/mol. The topological polar surface area (TPSA) is 92.4 Å². The third kappa shape index (κ3) is 4.59. The zero-order chi connectivity index (χ0) is 16.0. The van der Waals surface area contributed by atoms with Crippen molar-refractivity contribution < 1.29 is 14.3 Å². The number of thioether (sulfide) groups is 1. The molecule has 0 atom stereocenters. The van der Waals surface area contributed by atoms with Gasteiger partial charge in [-0.3, -0.25) is 9.59 Å². The minimum atomic E-state index is -0.471. The summed E-state index contributed by atoms with van der Waals surface area (Å²) in [6, 6.07) is 0. The fourth-order valence-corrected chi connectivity index (χ4v) is 2.43. The number of carbonyl (C=O) groups is 2. The Morgan fingerprint density at radius 3 is 2.67 bits per heavy atom. The van der Waals surface area contributed by atoms with Crippen molar-refractivity contribution in [3.05, 3.63) is 21.7 Å². The molecule has 1 N–H and O–H groups in total. The Balaban J connectivity index is 2.83. The summed E-state index contributed by atoms with van der Waals surface area (Å²) in [6.07, 6.45) is 2.53. The van der Waals surface area contributed by atoms with Crippen LogP contribution in [0.25, 0.3) is 0 Å².